The Balaban J connectivity index is 1.80. The number of benzene rings is 1. The van der Waals surface area contributed by atoms with Gasteiger partial charge >= 0.3 is 0 Å². The van der Waals surface area contributed by atoms with Gasteiger partial charge in [-0.15, -0.1) is 0 Å². The molecule has 5 heteroatoms. The molecular weight excluding hydrogens is 252 g/mol. The van der Waals surface area contributed by atoms with Crippen molar-refractivity contribution in [2.45, 2.75) is 19.5 Å². The van der Waals surface area contributed by atoms with E-state index in [1.807, 2.05) is 26.2 Å². The predicted octanol–water partition coefficient (Wildman–Crippen LogP) is 1.06. The Morgan fingerprint density at radius 3 is 3.00 bits per heavy atom. The van der Waals surface area contributed by atoms with Gasteiger partial charge in [0.25, 0.3) is 0 Å². The van der Waals surface area contributed by atoms with Crippen LogP contribution in [0.2, 0.25) is 0 Å². The lowest BCUT2D eigenvalue weighted by Crippen LogP contribution is -2.37. The lowest BCUT2D eigenvalue weighted by molar-refractivity contribution is 0.261. The zero-order chi connectivity index (χ0) is 14.4. The van der Waals surface area contributed by atoms with Gasteiger partial charge in [0.15, 0.2) is 5.96 Å². The highest BCUT2D eigenvalue weighted by atomic mass is 16.5. The molecule has 1 aliphatic heterocycles. The molecule has 0 spiro atoms. The number of rotatable bonds is 6. The number of nitrogens with one attached hydrogen (secondary N) is 2. The van der Waals surface area contributed by atoms with Crippen molar-refractivity contribution in [3.05, 3.63) is 29.8 Å². The number of aliphatic imine (C=N–C) groups is 1. The van der Waals surface area contributed by atoms with Gasteiger partial charge in [0.1, 0.15) is 12.4 Å². The lowest BCUT2D eigenvalue weighted by Gasteiger charge is -2.12. The molecule has 0 aliphatic carbocycles. The first kappa shape index (κ1) is 14.7. The Kier molecular flexibility index (Phi) is 5.24. The van der Waals surface area contributed by atoms with Gasteiger partial charge in [-0.3, -0.25) is 4.99 Å². The predicted molar refractivity (Wildman–Crippen MR) is 82.2 cm³/mol. The minimum Gasteiger partial charge on any atom is -0.492 e. The number of likely N-dealkylation sites (N-methyl/N-ethyl adjacent to an activating group) is 1. The standard InChI is InChI=1S/C15H24N4O/c1-12-10-16-15(18-12)17-11-13-5-4-6-14(9-13)20-8-7-19(2)3/h4-6,9,12H,7-8,10-11H2,1-3H3,(H2,16,17,18). The molecule has 0 bridgehead atoms. The summed E-state index contributed by atoms with van der Waals surface area (Å²) in [6.07, 6.45) is 0. The second kappa shape index (κ2) is 7.14. The van der Waals surface area contributed by atoms with Gasteiger partial charge in [-0.1, -0.05) is 12.1 Å². The van der Waals surface area contributed by atoms with Gasteiger partial charge in [-0.05, 0) is 38.7 Å². The van der Waals surface area contributed by atoms with Crippen LogP contribution in [0.5, 0.6) is 5.75 Å². The van der Waals surface area contributed by atoms with Gasteiger partial charge in [-0.2, -0.15) is 0 Å². The minimum atomic E-state index is 0.429. The molecule has 20 heavy (non-hydrogen) atoms. The monoisotopic (exact) mass is 276 g/mol. The van der Waals surface area contributed by atoms with Gasteiger partial charge in [0.05, 0.1) is 6.54 Å². The van der Waals surface area contributed by atoms with Crippen molar-refractivity contribution in [2.75, 3.05) is 33.8 Å². The van der Waals surface area contributed by atoms with Gasteiger partial charge < -0.3 is 20.3 Å². The number of ether oxygens (including phenoxy) is 1. The third-order valence-electron chi connectivity index (χ3n) is 3.07. The molecule has 1 atom stereocenters. The van der Waals surface area contributed by atoms with Crippen LogP contribution in [0.25, 0.3) is 0 Å². The van der Waals surface area contributed by atoms with Crippen LogP contribution in [-0.2, 0) is 6.54 Å². The van der Waals surface area contributed by atoms with Crippen LogP contribution in [-0.4, -0.2) is 50.7 Å². The molecule has 2 N–H and O–H groups in total. The normalized spacial score (nSPS) is 17.8. The van der Waals surface area contributed by atoms with E-state index in [1.54, 1.807) is 0 Å². The van der Waals surface area contributed by atoms with Crippen molar-refractivity contribution >= 4 is 5.96 Å². The first-order valence-corrected chi connectivity index (χ1v) is 7.05. The average Bonchev–Trinajstić information content (AvgIpc) is 2.82. The molecule has 0 saturated carbocycles. The second-order valence-electron chi connectivity index (χ2n) is 5.39. The smallest absolute Gasteiger partial charge is 0.191 e. The van der Waals surface area contributed by atoms with E-state index >= 15 is 0 Å². The Bertz CT molecular complexity index is 459. The molecule has 0 fully saturated rings. The molecule has 1 aromatic rings. The van der Waals surface area contributed by atoms with Crippen LogP contribution in [0.4, 0.5) is 0 Å². The van der Waals surface area contributed by atoms with Crippen molar-refractivity contribution in [1.82, 2.24) is 15.5 Å². The highest BCUT2D eigenvalue weighted by Gasteiger charge is 2.11. The van der Waals surface area contributed by atoms with E-state index in [-0.39, 0.29) is 0 Å². The third-order valence-corrected chi connectivity index (χ3v) is 3.07. The van der Waals surface area contributed by atoms with E-state index < -0.39 is 0 Å². The van der Waals surface area contributed by atoms with Gasteiger partial charge in [-0.25, -0.2) is 0 Å². The molecule has 0 aromatic heterocycles. The van der Waals surface area contributed by atoms with Gasteiger partial charge in [0.2, 0.25) is 0 Å². The summed E-state index contributed by atoms with van der Waals surface area (Å²) in [5, 5.41) is 6.59. The number of nitrogens with zero attached hydrogens (tertiary/aromatic N) is 2. The van der Waals surface area contributed by atoms with Crippen molar-refractivity contribution in [1.29, 1.82) is 0 Å². The molecule has 5 nitrogen and oxygen atoms in total. The Morgan fingerprint density at radius 1 is 1.45 bits per heavy atom. The highest BCUT2D eigenvalue weighted by molar-refractivity contribution is 5.81. The zero-order valence-corrected chi connectivity index (χ0v) is 12.5. The molecule has 2 rings (SSSR count). The summed E-state index contributed by atoms with van der Waals surface area (Å²) in [5.74, 6) is 1.80. The molecule has 110 valence electrons. The van der Waals surface area contributed by atoms with Crippen molar-refractivity contribution in [2.24, 2.45) is 4.99 Å². The summed E-state index contributed by atoms with van der Waals surface area (Å²) in [6.45, 7) is 5.34. The summed E-state index contributed by atoms with van der Waals surface area (Å²) >= 11 is 0. The molecule has 0 saturated heterocycles. The topological polar surface area (TPSA) is 48.9 Å². The van der Waals surface area contributed by atoms with Crippen LogP contribution >= 0.6 is 0 Å². The summed E-state index contributed by atoms with van der Waals surface area (Å²) in [4.78, 5) is 6.49. The van der Waals surface area contributed by atoms with E-state index in [1.165, 1.54) is 5.56 Å². The average molecular weight is 276 g/mol. The second-order valence-corrected chi connectivity index (χ2v) is 5.39. The molecule has 0 amide bonds. The van der Waals surface area contributed by atoms with Crippen LogP contribution in [0, 0.1) is 0 Å². The molecule has 1 heterocycles. The minimum absolute atomic E-state index is 0.429. The van der Waals surface area contributed by atoms with Crippen LogP contribution in [0.15, 0.2) is 29.3 Å². The summed E-state index contributed by atoms with van der Waals surface area (Å²) in [7, 11) is 4.08. The Labute approximate surface area is 121 Å². The van der Waals surface area contributed by atoms with E-state index in [4.69, 9.17) is 4.74 Å². The number of hydrogen-bond acceptors (Lipinski definition) is 5. The lowest BCUT2D eigenvalue weighted by atomic mass is 10.2. The third kappa shape index (κ3) is 4.74. The fourth-order valence-electron chi connectivity index (χ4n) is 1.94. The number of hydrogen-bond donors (Lipinski definition) is 2. The van der Waals surface area contributed by atoms with E-state index in [0.717, 1.165) is 31.3 Å². The first-order chi connectivity index (χ1) is 9.63. The van der Waals surface area contributed by atoms with Crippen LogP contribution in [0.1, 0.15) is 12.5 Å². The van der Waals surface area contributed by atoms with Crippen LogP contribution in [0.3, 0.4) is 0 Å². The SMILES string of the molecule is CC1CN=C(NCc2cccc(OCCN(C)C)c2)N1. The van der Waals surface area contributed by atoms with Crippen LogP contribution < -0.4 is 15.4 Å². The Morgan fingerprint density at radius 2 is 2.30 bits per heavy atom. The Hall–Kier alpha value is -1.75. The van der Waals surface area contributed by atoms with Gasteiger partial charge in [0, 0.05) is 19.1 Å². The number of guanidine groups is 1. The van der Waals surface area contributed by atoms with Crippen molar-refractivity contribution < 1.29 is 4.74 Å². The first-order valence-electron chi connectivity index (χ1n) is 7.05. The van der Waals surface area contributed by atoms with Crippen molar-refractivity contribution in [3.63, 3.8) is 0 Å². The maximum absolute atomic E-state index is 5.73. The highest BCUT2D eigenvalue weighted by Crippen LogP contribution is 2.13. The fourth-order valence-corrected chi connectivity index (χ4v) is 1.94. The largest absolute Gasteiger partial charge is 0.492 e. The van der Waals surface area contributed by atoms with Crippen molar-refractivity contribution in [3.8, 4) is 5.75 Å². The van der Waals surface area contributed by atoms with E-state index in [2.05, 4.69) is 39.6 Å². The summed E-state index contributed by atoms with van der Waals surface area (Å²) in [6, 6.07) is 8.60. The molecular formula is C15H24N4O. The quantitative estimate of drug-likeness (QED) is 0.816. The summed E-state index contributed by atoms with van der Waals surface area (Å²) < 4.78 is 5.73. The molecule has 1 aromatic carbocycles. The summed E-state index contributed by atoms with van der Waals surface area (Å²) in [5.41, 5.74) is 1.19. The van der Waals surface area contributed by atoms with E-state index in [0.29, 0.717) is 12.6 Å². The molecule has 0 radical (unpaired) electrons. The molecule has 1 unspecified atom stereocenters. The maximum Gasteiger partial charge on any atom is 0.191 e. The van der Waals surface area contributed by atoms with E-state index in [9.17, 15) is 0 Å². The maximum atomic E-state index is 5.73. The fraction of sp³-hybridized carbons (Fsp3) is 0.533. The zero-order valence-electron chi connectivity index (χ0n) is 12.5. The molecule has 1 aliphatic rings.